The van der Waals surface area contributed by atoms with Crippen molar-refractivity contribution in [3.8, 4) is 0 Å². The van der Waals surface area contributed by atoms with E-state index in [4.69, 9.17) is 10.6 Å². The Hall–Kier alpha value is -1.15. The molecule has 0 unspecified atom stereocenters. The van der Waals surface area contributed by atoms with Crippen molar-refractivity contribution < 1.29 is 5.11 Å². The fourth-order valence-electron chi connectivity index (χ4n) is 0.113. The number of hydrogen-bond donors (Lipinski definition) is 1. The SMILES string of the molecule is C=C(O)CN=[N+]=[N-]. The summed E-state index contributed by atoms with van der Waals surface area (Å²) < 4.78 is 0. The third-order valence-corrected chi connectivity index (χ3v) is 0.316. The van der Waals surface area contributed by atoms with Crippen molar-refractivity contribution in [1.82, 2.24) is 0 Å². The second-order valence-electron chi connectivity index (χ2n) is 0.955. The fourth-order valence-corrected chi connectivity index (χ4v) is 0.113. The average Bonchev–Trinajstić information content (AvgIpc) is 1.61. The zero-order chi connectivity index (χ0) is 5.70. The van der Waals surface area contributed by atoms with Crippen LogP contribution < -0.4 is 0 Å². The predicted molar refractivity (Wildman–Crippen MR) is 25.8 cm³/mol. The summed E-state index contributed by atoms with van der Waals surface area (Å²) in [6.45, 7) is 3.05. The highest BCUT2D eigenvalue weighted by Crippen LogP contribution is 1.80. The van der Waals surface area contributed by atoms with Crippen molar-refractivity contribution in [2.45, 2.75) is 0 Å². The van der Waals surface area contributed by atoms with Crippen molar-refractivity contribution >= 4 is 0 Å². The Kier molecular flexibility index (Phi) is 2.55. The minimum atomic E-state index is -0.113. The van der Waals surface area contributed by atoms with E-state index < -0.39 is 0 Å². The van der Waals surface area contributed by atoms with Crippen LogP contribution >= 0.6 is 0 Å². The standard InChI is InChI=1S/C3H5N3O/c1-3(7)2-5-6-4/h7H,1-2H2. The average molecular weight is 99.1 g/mol. The third-order valence-electron chi connectivity index (χ3n) is 0.316. The molecular formula is C3H5N3O. The lowest BCUT2D eigenvalue weighted by atomic mass is 10.6. The summed E-state index contributed by atoms with van der Waals surface area (Å²) >= 11 is 0. The van der Waals surface area contributed by atoms with E-state index in [2.05, 4.69) is 16.6 Å². The largest absolute Gasteiger partial charge is 0.513 e. The van der Waals surface area contributed by atoms with Gasteiger partial charge in [-0.3, -0.25) is 0 Å². The van der Waals surface area contributed by atoms with E-state index in [1.54, 1.807) is 0 Å². The van der Waals surface area contributed by atoms with Gasteiger partial charge in [-0.15, -0.1) is 0 Å². The van der Waals surface area contributed by atoms with Gasteiger partial charge >= 0.3 is 0 Å². The maximum Gasteiger partial charge on any atom is 0.0909 e. The molecule has 0 fully saturated rings. The molecule has 4 heteroatoms. The molecule has 1 N–H and O–H groups in total. The Labute approximate surface area is 40.7 Å². The van der Waals surface area contributed by atoms with E-state index in [-0.39, 0.29) is 12.3 Å². The number of rotatable bonds is 2. The van der Waals surface area contributed by atoms with Crippen molar-refractivity contribution in [2.24, 2.45) is 5.11 Å². The Morgan fingerprint density at radius 2 is 2.57 bits per heavy atom. The molecule has 0 rings (SSSR count). The van der Waals surface area contributed by atoms with Crippen LogP contribution in [0.1, 0.15) is 0 Å². The number of hydrogen-bond acceptors (Lipinski definition) is 2. The minimum Gasteiger partial charge on any atom is -0.513 e. The Bertz CT molecular complexity index is 113. The van der Waals surface area contributed by atoms with Crippen LogP contribution in [0, 0.1) is 0 Å². The molecule has 0 radical (unpaired) electrons. The van der Waals surface area contributed by atoms with Gasteiger partial charge in [-0.2, -0.15) is 0 Å². The van der Waals surface area contributed by atoms with Crippen LogP contribution in [0.5, 0.6) is 0 Å². The molecule has 0 aromatic heterocycles. The van der Waals surface area contributed by atoms with Crippen molar-refractivity contribution in [3.63, 3.8) is 0 Å². The minimum absolute atomic E-state index is 0.0313. The molecule has 0 atom stereocenters. The summed E-state index contributed by atoms with van der Waals surface area (Å²) in [6.07, 6.45) is 0. The molecule has 0 saturated heterocycles. The highest BCUT2D eigenvalue weighted by atomic mass is 16.3. The molecule has 0 bridgehead atoms. The zero-order valence-electron chi connectivity index (χ0n) is 3.70. The van der Waals surface area contributed by atoms with E-state index in [9.17, 15) is 0 Å². The summed E-state index contributed by atoms with van der Waals surface area (Å²) in [4.78, 5) is 2.38. The molecule has 0 aliphatic heterocycles. The van der Waals surface area contributed by atoms with Gasteiger partial charge in [0.15, 0.2) is 0 Å². The topological polar surface area (TPSA) is 69.0 Å². The maximum atomic E-state index is 8.22. The molecule has 0 aromatic rings. The van der Waals surface area contributed by atoms with Crippen molar-refractivity contribution in [3.05, 3.63) is 22.8 Å². The summed E-state index contributed by atoms with van der Waals surface area (Å²) in [6, 6.07) is 0. The quantitative estimate of drug-likeness (QED) is 0.241. The normalized spacial score (nSPS) is 6.86. The Balaban J connectivity index is 3.32. The van der Waals surface area contributed by atoms with Crippen LogP contribution in [0.3, 0.4) is 0 Å². The first-order chi connectivity index (χ1) is 3.27. The van der Waals surface area contributed by atoms with E-state index in [0.29, 0.717) is 0 Å². The smallest absolute Gasteiger partial charge is 0.0909 e. The van der Waals surface area contributed by atoms with E-state index in [1.165, 1.54) is 0 Å². The second kappa shape index (κ2) is 3.06. The van der Waals surface area contributed by atoms with Gasteiger partial charge in [0.2, 0.25) is 0 Å². The van der Waals surface area contributed by atoms with Gasteiger partial charge in [-0.05, 0) is 5.53 Å². The predicted octanol–water partition coefficient (Wildman–Crippen LogP) is 1.37. The zero-order valence-corrected chi connectivity index (χ0v) is 3.70. The highest BCUT2D eigenvalue weighted by molar-refractivity contribution is 4.81. The number of nitrogens with zero attached hydrogens (tertiary/aromatic N) is 3. The molecule has 0 amide bonds. The lowest BCUT2D eigenvalue weighted by Crippen LogP contribution is -1.78. The van der Waals surface area contributed by atoms with Crippen molar-refractivity contribution in [1.29, 1.82) is 0 Å². The van der Waals surface area contributed by atoms with Crippen LogP contribution in [0.25, 0.3) is 10.4 Å². The lowest BCUT2D eigenvalue weighted by molar-refractivity contribution is 0.406. The van der Waals surface area contributed by atoms with Crippen LogP contribution in [-0.2, 0) is 0 Å². The molecular weight excluding hydrogens is 94.1 g/mol. The molecule has 0 saturated carbocycles. The molecule has 0 heterocycles. The fraction of sp³-hybridized carbons (Fsp3) is 0.333. The van der Waals surface area contributed by atoms with Gasteiger partial charge < -0.3 is 5.11 Å². The van der Waals surface area contributed by atoms with Crippen LogP contribution in [0.2, 0.25) is 0 Å². The number of azide groups is 1. The number of aliphatic hydroxyl groups is 1. The molecule has 38 valence electrons. The van der Waals surface area contributed by atoms with Gasteiger partial charge in [0.1, 0.15) is 0 Å². The molecule has 0 aliphatic carbocycles. The van der Waals surface area contributed by atoms with Gasteiger partial charge in [-0.1, -0.05) is 11.7 Å². The molecule has 0 aromatic carbocycles. The molecule has 4 nitrogen and oxygen atoms in total. The lowest BCUT2D eigenvalue weighted by Gasteiger charge is -1.81. The molecule has 0 aliphatic rings. The first kappa shape index (κ1) is 5.85. The summed E-state index contributed by atoms with van der Waals surface area (Å²) in [5.74, 6) is -0.113. The van der Waals surface area contributed by atoms with Crippen LogP contribution in [0.15, 0.2) is 17.5 Å². The van der Waals surface area contributed by atoms with Gasteiger partial charge in [0.05, 0.1) is 12.3 Å². The van der Waals surface area contributed by atoms with E-state index >= 15 is 0 Å². The first-order valence-electron chi connectivity index (χ1n) is 1.65. The molecule has 7 heavy (non-hydrogen) atoms. The summed E-state index contributed by atoms with van der Waals surface area (Å²) in [7, 11) is 0. The summed E-state index contributed by atoms with van der Waals surface area (Å²) in [5.41, 5.74) is 7.62. The van der Waals surface area contributed by atoms with Gasteiger partial charge in [-0.25, -0.2) is 0 Å². The first-order valence-corrected chi connectivity index (χ1v) is 1.65. The monoisotopic (exact) mass is 99.0 g/mol. The van der Waals surface area contributed by atoms with E-state index in [0.717, 1.165) is 0 Å². The Morgan fingerprint density at radius 3 is 2.71 bits per heavy atom. The highest BCUT2D eigenvalue weighted by Gasteiger charge is 1.77. The Morgan fingerprint density at radius 1 is 2.00 bits per heavy atom. The molecule has 0 spiro atoms. The summed E-state index contributed by atoms with van der Waals surface area (Å²) in [5, 5.41) is 11.2. The van der Waals surface area contributed by atoms with Crippen LogP contribution in [0.4, 0.5) is 0 Å². The maximum absolute atomic E-state index is 8.22. The third kappa shape index (κ3) is 4.85. The van der Waals surface area contributed by atoms with Crippen LogP contribution in [-0.4, -0.2) is 11.7 Å². The van der Waals surface area contributed by atoms with Gasteiger partial charge in [0.25, 0.3) is 0 Å². The van der Waals surface area contributed by atoms with Crippen molar-refractivity contribution in [2.75, 3.05) is 6.54 Å². The van der Waals surface area contributed by atoms with Gasteiger partial charge in [0, 0.05) is 4.91 Å². The second-order valence-corrected chi connectivity index (χ2v) is 0.955. The van der Waals surface area contributed by atoms with E-state index in [1.807, 2.05) is 0 Å². The number of aliphatic hydroxyl groups excluding tert-OH is 1.